The Labute approximate surface area is 153 Å². The summed E-state index contributed by atoms with van der Waals surface area (Å²) in [7, 11) is 0. The lowest BCUT2D eigenvalue weighted by molar-refractivity contribution is -0.122. The Hall–Kier alpha value is -2.95. The van der Waals surface area contributed by atoms with Crippen LogP contribution in [-0.4, -0.2) is 20.7 Å². The van der Waals surface area contributed by atoms with Gasteiger partial charge in [-0.3, -0.25) is 9.69 Å². The summed E-state index contributed by atoms with van der Waals surface area (Å²) in [6.07, 6.45) is 2.31. The summed E-state index contributed by atoms with van der Waals surface area (Å²) < 4.78 is 1.88. The number of amides is 1. The molecule has 0 saturated carbocycles. The SMILES string of the molecule is CC(C)C(=O)N1c2ncnn2[C@H](c2ccccc2)C[C@H]1c1ccccc1. The van der Waals surface area contributed by atoms with Crippen LogP contribution in [0.15, 0.2) is 67.0 Å². The first kappa shape index (κ1) is 16.5. The van der Waals surface area contributed by atoms with Gasteiger partial charge in [-0.2, -0.15) is 10.1 Å². The van der Waals surface area contributed by atoms with Gasteiger partial charge in [0.05, 0.1) is 12.1 Å². The van der Waals surface area contributed by atoms with Crippen molar-refractivity contribution in [2.75, 3.05) is 4.90 Å². The Morgan fingerprint density at radius 3 is 2.12 bits per heavy atom. The molecule has 1 aliphatic heterocycles. The second-order valence-corrected chi connectivity index (χ2v) is 6.96. The Balaban J connectivity index is 1.85. The third kappa shape index (κ3) is 2.79. The minimum atomic E-state index is -0.111. The van der Waals surface area contributed by atoms with Gasteiger partial charge in [-0.05, 0) is 17.5 Å². The van der Waals surface area contributed by atoms with E-state index in [0.717, 1.165) is 12.0 Å². The highest BCUT2D eigenvalue weighted by molar-refractivity contribution is 5.94. The van der Waals surface area contributed by atoms with Gasteiger partial charge in [0, 0.05) is 5.92 Å². The highest BCUT2D eigenvalue weighted by Crippen LogP contribution is 2.42. The van der Waals surface area contributed by atoms with E-state index in [1.807, 2.05) is 59.8 Å². The molecule has 2 atom stereocenters. The molecule has 2 heterocycles. The summed E-state index contributed by atoms with van der Waals surface area (Å²) in [6, 6.07) is 20.5. The average molecular weight is 346 g/mol. The van der Waals surface area contributed by atoms with Crippen LogP contribution in [0.2, 0.25) is 0 Å². The van der Waals surface area contributed by atoms with Gasteiger partial charge in [0.25, 0.3) is 0 Å². The standard InChI is InChI=1S/C21H22N4O/c1-15(2)20(26)24-18(16-9-5-3-6-10-16)13-19(17-11-7-4-8-12-17)25-21(24)22-14-23-25/h3-12,14-15,18-19H,13H2,1-2H3/t18-,19-/m0/s1. The maximum atomic E-state index is 13.0. The van der Waals surface area contributed by atoms with Gasteiger partial charge in [-0.15, -0.1) is 0 Å². The van der Waals surface area contributed by atoms with Crippen molar-refractivity contribution in [3.05, 3.63) is 78.1 Å². The lowest BCUT2D eigenvalue weighted by atomic mass is 9.91. The minimum absolute atomic E-state index is 0.0510. The van der Waals surface area contributed by atoms with E-state index < -0.39 is 0 Å². The molecule has 0 saturated heterocycles. The first-order chi connectivity index (χ1) is 12.7. The number of nitrogens with zero attached hydrogens (tertiary/aromatic N) is 4. The molecule has 1 aliphatic rings. The zero-order valence-corrected chi connectivity index (χ0v) is 15.0. The van der Waals surface area contributed by atoms with Gasteiger partial charge in [0.1, 0.15) is 6.33 Å². The molecule has 0 radical (unpaired) electrons. The molecule has 0 N–H and O–H groups in total. The molecule has 0 unspecified atom stereocenters. The Bertz CT molecular complexity index is 889. The van der Waals surface area contributed by atoms with E-state index >= 15 is 0 Å². The predicted molar refractivity (Wildman–Crippen MR) is 101 cm³/mol. The highest BCUT2D eigenvalue weighted by atomic mass is 16.2. The number of hydrogen-bond donors (Lipinski definition) is 0. The molecule has 0 bridgehead atoms. The molecule has 0 fully saturated rings. The van der Waals surface area contributed by atoms with E-state index in [9.17, 15) is 4.79 Å². The first-order valence-electron chi connectivity index (χ1n) is 8.99. The molecule has 4 rings (SSSR count). The monoisotopic (exact) mass is 346 g/mol. The van der Waals surface area contributed by atoms with Crippen LogP contribution >= 0.6 is 0 Å². The highest BCUT2D eigenvalue weighted by Gasteiger charge is 2.39. The van der Waals surface area contributed by atoms with Crippen molar-refractivity contribution in [1.82, 2.24) is 14.8 Å². The van der Waals surface area contributed by atoms with Crippen LogP contribution in [0.5, 0.6) is 0 Å². The van der Waals surface area contributed by atoms with Gasteiger partial charge in [0.2, 0.25) is 11.9 Å². The third-order valence-corrected chi connectivity index (χ3v) is 4.92. The second kappa shape index (κ2) is 6.75. The molecule has 0 aliphatic carbocycles. The van der Waals surface area contributed by atoms with Crippen LogP contribution in [0.3, 0.4) is 0 Å². The van der Waals surface area contributed by atoms with Crippen molar-refractivity contribution in [2.24, 2.45) is 5.92 Å². The maximum Gasteiger partial charge on any atom is 0.232 e. The number of anilines is 1. The Morgan fingerprint density at radius 1 is 0.962 bits per heavy atom. The maximum absolute atomic E-state index is 13.0. The molecule has 5 nitrogen and oxygen atoms in total. The topological polar surface area (TPSA) is 51.0 Å². The summed E-state index contributed by atoms with van der Waals surface area (Å²) in [5.41, 5.74) is 2.30. The normalized spacial score (nSPS) is 19.4. The molecule has 0 spiro atoms. The lowest BCUT2D eigenvalue weighted by Gasteiger charge is -2.39. The second-order valence-electron chi connectivity index (χ2n) is 6.96. The van der Waals surface area contributed by atoms with E-state index in [1.165, 1.54) is 5.56 Å². The predicted octanol–water partition coefficient (Wildman–Crippen LogP) is 4.00. The molecular weight excluding hydrogens is 324 g/mol. The number of hydrogen-bond acceptors (Lipinski definition) is 3. The summed E-state index contributed by atoms with van der Waals surface area (Å²) in [5.74, 6) is 0.580. The van der Waals surface area contributed by atoms with Crippen LogP contribution in [0.25, 0.3) is 0 Å². The van der Waals surface area contributed by atoms with Crippen molar-refractivity contribution < 1.29 is 4.79 Å². The first-order valence-corrected chi connectivity index (χ1v) is 8.99. The van der Waals surface area contributed by atoms with Crippen molar-refractivity contribution in [3.8, 4) is 0 Å². The molecule has 5 heteroatoms. The average Bonchev–Trinajstić information content (AvgIpc) is 3.17. The van der Waals surface area contributed by atoms with Crippen molar-refractivity contribution in [2.45, 2.75) is 32.4 Å². The number of benzene rings is 2. The zero-order chi connectivity index (χ0) is 18.1. The van der Waals surface area contributed by atoms with Crippen LogP contribution < -0.4 is 4.90 Å². The zero-order valence-electron chi connectivity index (χ0n) is 15.0. The molecule has 2 aromatic carbocycles. The van der Waals surface area contributed by atoms with Crippen molar-refractivity contribution >= 4 is 11.9 Å². The number of rotatable bonds is 3. The molecule has 3 aromatic rings. The number of fused-ring (bicyclic) bond motifs is 1. The van der Waals surface area contributed by atoms with E-state index in [-0.39, 0.29) is 23.9 Å². The van der Waals surface area contributed by atoms with Crippen LogP contribution in [0.4, 0.5) is 5.95 Å². The lowest BCUT2D eigenvalue weighted by Crippen LogP contribution is -2.44. The quantitative estimate of drug-likeness (QED) is 0.720. The smallest absolute Gasteiger partial charge is 0.232 e. The molecule has 1 amide bonds. The molecule has 132 valence electrons. The minimum Gasteiger partial charge on any atom is -0.274 e. The van der Waals surface area contributed by atoms with Crippen LogP contribution in [0, 0.1) is 5.92 Å². The Kier molecular flexibility index (Phi) is 4.29. The van der Waals surface area contributed by atoms with Gasteiger partial charge in [0.15, 0.2) is 0 Å². The van der Waals surface area contributed by atoms with Gasteiger partial charge < -0.3 is 0 Å². The summed E-state index contributed by atoms with van der Waals surface area (Å²) in [4.78, 5) is 19.3. The fourth-order valence-corrected chi connectivity index (χ4v) is 3.64. The van der Waals surface area contributed by atoms with Gasteiger partial charge in [-0.25, -0.2) is 4.68 Å². The van der Waals surface area contributed by atoms with Crippen molar-refractivity contribution in [1.29, 1.82) is 0 Å². The summed E-state index contributed by atoms with van der Waals surface area (Å²) >= 11 is 0. The third-order valence-electron chi connectivity index (χ3n) is 4.92. The summed E-state index contributed by atoms with van der Waals surface area (Å²) in [6.45, 7) is 3.85. The van der Waals surface area contributed by atoms with E-state index in [4.69, 9.17) is 0 Å². The van der Waals surface area contributed by atoms with E-state index in [2.05, 4.69) is 34.3 Å². The number of aromatic nitrogens is 3. The molecule has 26 heavy (non-hydrogen) atoms. The molecule has 1 aromatic heterocycles. The fraction of sp³-hybridized carbons (Fsp3) is 0.286. The number of carbonyl (C=O) groups is 1. The molecular formula is C21H22N4O. The van der Waals surface area contributed by atoms with Crippen molar-refractivity contribution in [3.63, 3.8) is 0 Å². The number of carbonyl (C=O) groups excluding carboxylic acids is 1. The Morgan fingerprint density at radius 2 is 1.54 bits per heavy atom. The van der Waals surface area contributed by atoms with Crippen LogP contribution in [-0.2, 0) is 4.79 Å². The van der Waals surface area contributed by atoms with Crippen LogP contribution in [0.1, 0.15) is 43.5 Å². The largest absolute Gasteiger partial charge is 0.274 e. The van der Waals surface area contributed by atoms with Gasteiger partial charge in [-0.1, -0.05) is 74.5 Å². The summed E-state index contributed by atoms with van der Waals surface area (Å²) in [5, 5.41) is 4.45. The fourth-order valence-electron chi connectivity index (χ4n) is 3.64. The van der Waals surface area contributed by atoms with Gasteiger partial charge >= 0.3 is 0 Å². The van der Waals surface area contributed by atoms with E-state index in [1.54, 1.807) is 6.33 Å². The van der Waals surface area contributed by atoms with E-state index in [0.29, 0.717) is 5.95 Å².